The number of carboxylic acids is 1. The predicted octanol–water partition coefficient (Wildman–Crippen LogP) is 5.90. The van der Waals surface area contributed by atoms with Crippen molar-refractivity contribution >= 4 is 56.7 Å². The van der Waals surface area contributed by atoms with E-state index in [1.807, 2.05) is 0 Å². The van der Waals surface area contributed by atoms with Crippen LogP contribution < -0.4 is 4.74 Å². The minimum atomic E-state index is -1.15. The molecule has 2 aromatic carbocycles. The van der Waals surface area contributed by atoms with Crippen LogP contribution in [-0.2, 0) is 0 Å². The van der Waals surface area contributed by atoms with Gasteiger partial charge in [0.2, 0.25) is 0 Å². The number of ether oxygens (including phenoxy) is 1. The van der Waals surface area contributed by atoms with Gasteiger partial charge in [-0.25, -0.2) is 4.79 Å². The molecule has 1 N–H and O–H groups in total. The van der Waals surface area contributed by atoms with E-state index < -0.39 is 5.97 Å². The Bertz CT molecular complexity index is 689. The number of aromatic carboxylic acids is 1. The predicted molar refractivity (Wildman–Crippen MR) is 82.6 cm³/mol. The van der Waals surface area contributed by atoms with Crippen LogP contribution in [0.5, 0.6) is 11.5 Å². The SMILES string of the molecule is O=C(O)c1cc(Cl)ccc1Oc1cc(Cl)c(Br)cc1Cl. The highest BCUT2D eigenvalue weighted by molar-refractivity contribution is 9.10. The Morgan fingerprint density at radius 2 is 1.75 bits per heavy atom. The second kappa shape index (κ2) is 6.22. The van der Waals surface area contributed by atoms with E-state index in [2.05, 4.69) is 15.9 Å². The molecule has 0 bridgehead atoms. The van der Waals surface area contributed by atoms with E-state index in [4.69, 9.17) is 44.6 Å². The first kappa shape index (κ1) is 15.4. The molecule has 0 aromatic heterocycles. The van der Waals surface area contributed by atoms with Crippen molar-refractivity contribution in [3.8, 4) is 11.5 Å². The zero-order valence-electron chi connectivity index (χ0n) is 9.66. The van der Waals surface area contributed by atoms with Crippen molar-refractivity contribution in [2.75, 3.05) is 0 Å². The van der Waals surface area contributed by atoms with E-state index in [9.17, 15) is 4.79 Å². The Morgan fingerprint density at radius 1 is 1.05 bits per heavy atom. The van der Waals surface area contributed by atoms with Crippen LogP contribution >= 0.6 is 50.7 Å². The third kappa shape index (κ3) is 3.38. The number of rotatable bonds is 3. The smallest absolute Gasteiger partial charge is 0.339 e. The number of carboxylic acid groups (broad SMARTS) is 1. The van der Waals surface area contributed by atoms with Crippen LogP contribution in [-0.4, -0.2) is 11.1 Å². The maximum absolute atomic E-state index is 11.2. The number of benzene rings is 2. The van der Waals surface area contributed by atoms with Gasteiger partial charge in [0.1, 0.15) is 17.1 Å². The molecule has 2 aromatic rings. The monoisotopic (exact) mass is 394 g/mol. The van der Waals surface area contributed by atoms with Crippen molar-refractivity contribution in [2.24, 2.45) is 0 Å². The van der Waals surface area contributed by atoms with Gasteiger partial charge in [-0.15, -0.1) is 0 Å². The average Bonchev–Trinajstić information content (AvgIpc) is 2.37. The first-order valence-corrected chi connectivity index (χ1v) is 7.16. The van der Waals surface area contributed by atoms with E-state index in [1.165, 1.54) is 24.3 Å². The van der Waals surface area contributed by atoms with Gasteiger partial charge in [0.05, 0.1) is 10.0 Å². The molecule has 0 atom stereocenters. The fourth-order valence-electron chi connectivity index (χ4n) is 1.46. The van der Waals surface area contributed by atoms with Gasteiger partial charge in [-0.1, -0.05) is 34.8 Å². The minimum Gasteiger partial charge on any atom is -0.478 e. The van der Waals surface area contributed by atoms with Crippen molar-refractivity contribution in [2.45, 2.75) is 0 Å². The highest BCUT2D eigenvalue weighted by Gasteiger charge is 2.15. The van der Waals surface area contributed by atoms with Gasteiger partial charge in [-0.2, -0.15) is 0 Å². The fourth-order valence-corrected chi connectivity index (χ4v) is 2.46. The van der Waals surface area contributed by atoms with E-state index in [1.54, 1.807) is 6.07 Å². The Kier molecular flexibility index (Phi) is 4.81. The van der Waals surface area contributed by atoms with E-state index in [-0.39, 0.29) is 17.1 Å². The Morgan fingerprint density at radius 3 is 2.40 bits per heavy atom. The molecule has 0 saturated heterocycles. The second-order valence-corrected chi connectivity index (χ2v) is 5.85. The molecule has 0 fully saturated rings. The molecule has 7 heteroatoms. The lowest BCUT2D eigenvalue weighted by molar-refractivity contribution is 0.0694. The van der Waals surface area contributed by atoms with Crippen molar-refractivity contribution in [3.63, 3.8) is 0 Å². The summed E-state index contributed by atoms with van der Waals surface area (Å²) in [6, 6.07) is 7.34. The quantitative estimate of drug-likeness (QED) is 0.657. The lowest BCUT2D eigenvalue weighted by atomic mass is 10.2. The van der Waals surface area contributed by atoms with Crippen LogP contribution in [0.4, 0.5) is 0 Å². The maximum Gasteiger partial charge on any atom is 0.339 e. The maximum atomic E-state index is 11.2. The molecule has 0 amide bonds. The molecular weight excluding hydrogens is 390 g/mol. The van der Waals surface area contributed by atoms with Gasteiger partial charge in [0, 0.05) is 15.6 Å². The Hall–Kier alpha value is -0.940. The van der Waals surface area contributed by atoms with Crippen molar-refractivity contribution in [1.82, 2.24) is 0 Å². The van der Waals surface area contributed by atoms with Gasteiger partial charge in [-0.3, -0.25) is 0 Å². The molecule has 104 valence electrons. The molecule has 0 unspecified atom stereocenters. The summed E-state index contributed by atoms with van der Waals surface area (Å²) >= 11 is 21.0. The fraction of sp³-hybridized carbons (Fsp3) is 0. The van der Waals surface area contributed by atoms with Crippen molar-refractivity contribution in [3.05, 3.63) is 55.4 Å². The standard InChI is InChI=1S/C13H6BrCl3O3/c14-8-4-10(17)12(5-9(8)16)20-11-2-1-6(15)3-7(11)13(18)19/h1-5H,(H,18,19). The average molecular weight is 396 g/mol. The van der Waals surface area contributed by atoms with E-state index in [0.29, 0.717) is 19.5 Å². The lowest BCUT2D eigenvalue weighted by Crippen LogP contribution is -2.00. The van der Waals surface area contributed by atoms with Crippen LogP contribution in [0, 0.1) is 0 Å². The van der Waals surface area contributed by atoms with Gasteiger partial charge < -0.3 is 9.84 Å². The first-order valence-electron chi connectivity index (χ1n) is 5.23. The lowest BCUT2D eigenvalue weighted by Gasteiger charge is -2.11. The van der Waals surface area contributed by atoms with Crippen LogP contribution in [0.15, 0.2) is 34.8 Å². The summed E-state index contributed by atoms with van der Waals surface area (Å²) in [5.74, 6) is -0.770. The van der Waals surface area contributed by atoms with Gasteiger partial charge in [0.15, 0.2) is 0 Å². The van der Waals surface area contributed by atoms with E-state index >= 15 is 0 Å². The molecule has 0 aliphatic rings. The topological polar surface area (TPSA) is 46.5 Å². The molecule has 3 nitrogen and oxygen atoms in total. The summed E-state index contributed by atoms with van der Waals surface area (Å²) in [6.07, 6.45) is 0. The number of hydrogen-bond acceptors (Lipinski definition) is 2. The van der Waals surface area contributed by atoms with Crippen LogP contribution in [0.3, 0.4) is 0 Å². The minimum absolute atomic E-state index is 0.0624. The van der Waals surface area contributed by atoms with Crippen LogP contribution in [0.25, 0.3) is 0 Å². The molecule has 0 saturated carbocycles. The summed E-state index contributed by atoms with van der Waals surface area (Å²) in [5, 5.41) is 10.1. The van der Waals surface area contributed by atoms with E-state index in [0.717, 1.165) is 0 Å². The molecular formula is C13H6BrCl3O3. The highest BCUT2D eigenvalue weighted by Crippen LogP contribution is 2.37. The summed E-state index contributed by atoms with van der Waals surface area (Å²) in [5.41, 5.74) is -0.0624. The first-order chi connectivity index (χ1) is 9.38. The summed E-state index contributed by atoms with van der Waals surface area (Å²) in [6.45, 7) is 0. The third-order valence-electron chi connectivity index (χ3n) is 2.37. The Labute approximate surface area is 138 Å². The molecule has 0 radical (unpaired) electrons. The highest BCUT2D eigenvalue weighted by atomic mass is 79.9. The number of hydrogen-bond donors (Lipinski definition) is 1. The van der Waals surface area contributed by atoms with Gasteiger partial charge in [0.25, 0.3) is 0 Å². The molecule has 20 heavy (non-hydrogen) atoms. The zero-order valence-corrected chi connectivity index (χ0v) is 13.5. The Balaban J connectivity index is 2.45. The molecule has 0 aliphatic carbocycles. The molecule has 2 rings (SSSR count). The second-order valence-electron chi connectivity index (χ2n) is 3.74. The largest absolute Gasteiger partial charge is 0.478 e. The molecule has 0 spiro atoms. The van der Waals surface area contributed by atoms with Gasteiger partial charge in [-0.05, 0) is 40.2 Å². The summed E-state index contributed by atoms with van der Waals surface area (Å²) < 4.78 is 6.13. The van der Waals surface area contributed by atoms with Crippen LogP contribution in [0.1, 0.15) is 10.4 Å². The number of carbonyl (C=O) groups is 1. The van der Waals surface area contributed by atoms with Crippen molar-refractivity contribution in [1.29, 1.82) is 0 Å². The van der Waals surface area contributed by atoms with Crippen LogP contribution in [0.2, 0.25) is 15.1 Å². The molecule has 0 aliphatic heterocycles. The summed E-state index contributed by atoms with van der Waals surface area (Å²) in [7, 11) is 0. The number of halogens is 4. The zero-order chi connectivity index (χ0) is 14.9. The van der Waals surface area contributed by atoms with Crippen molar-refractivity contribution < 1.29 is 14.6 Å². The third-order valence-corrected chi connectivity index (χ3v) is 4.09. The van der Waals surface area contributed by atoms with Gasteiger partial charge >= 0.3 is 5.97 Å². The summed E-state index contributed by atoms with van der Waals surface area (Å²) in [4.78, 5) is 11.2. The normalized spacial score (nSPS) is 10.4. The molecule has 0 heterocycles.